The third-order valence-corrected chi connectivity index (χ3v) is 1.77. The van der Waals surface area contributed by atoms with Crippen molar-refractivity contribution in [3.63, 3.8) is 0 Å². The molecule has 0 unspecified atom stereocenters. The van der Waals surface area contributed by atoms with Crippen molar-refractivity contribution >= 4 is 0 Å². The van der Waals surface area contributed by atoms with Crippen molar-refractivity contribution < 1.29 is 22.7 Å². The molecule has 1 aromatic carbocycles. The minimum absolute atomic E-state index is 0.234. The van der Waals surface area contributed by atoms with Crippen LogP contribution in [-0.4, -0.2) is 5.11 Å². The number of nitriles is 1. The summed E-state index contributed by atoms with van der Waals surface area (Å²) in [4.78, 5) is 0. The van der Waals surface area contributed by atoms with Crippen LogP contribution in [0.1, 0.15) is 16.7 Å². The standard InChI is InChI=1S/C9H5F4NO/c10-6-1-5(4-15)7(3-14)8(2-6)9(11,12)13/h1-2,15H,4H2. The van der Waals surface area contributed by atoms with Crippen molar-refractivity contribution in [2.75, 3.05) is 0 Å². The number of halogens is 4. The molecule has 0 aliphatic rings. The Morgan fingerprint density at radius 2 is 1.93 bits per heavy atom. The van der Waals surface area contributed by atoms with Gasteiger partial charge in [-0.25, -0.2) is 4.39 Å². The molecule has 0 saturated heterocycles. The summed E-state index contributed by atoms with van der Waals surface area (Å²) in [7, 11) is 0. The van der Waals surface area contributed by atoms with Crippen LogP contribution in [0.4, 0.5) is 17.6 Å². The highest BCUT2D eigenvalue weighted by molar-refractivity contribution is 5.46. The molecule has 0 atom stereocenters. The Hall–Kier alpha value is -1.61. The molecule has 15 heavy (non-hydrogen) atoms. The zero-order chi connectivity index (χ0) is 11.6. The van der Waals surface area contributed by atoms with Gasteiger partial charge in [0.15, 0.2) is 0 Å². The van der Waals surface area contributed by atoms with Crippen molar-refractivity contribution in [3.05, 3.63) is 34.6 Å². The topological polar surface area (TPSA) is 44.0 Å². The van der Waals surface area contributed by atoms with Gasteiger partial charge in [0.05, 0.1) is 17.7 Å². The zero-order valence-corrected chi connectivity index (χ0v) is 7.27. The first-order valence-electron chi connectivity index (χ1n) is 3.80. The number of aliphatic hydroxyl groups excluding tert-OH is 1. The number of hydrogen-bond donors (Lipinski definition) is 1. The lowest BCUT2D eigenvalue weighted by atomic mass is 10.0. The van der Waals surface area contributed by atoms with Crippen LogP contribution in [0, 0.1) is 17.1 Å². The molecule has 0 bridgehead atoms. The van der Waals surface area contributed by atoms with E-state index in [4.69, 9.17) is 10.4 Å². The van der Waals surface area contributed by atoms with Gasteiger partial charge in [0, 0.05) is 0 Å². The van der Waals surface area contributed by atoms with Gasteiger partial charge < -0.3 is 5.11 Å². The first-order chi connectivity index (χ1) is 6.90. The van der Waals surface area contributed by atoms with Gasteiger partial charge in [0.25, 0.3) is 0 Å². The number of aliphatic hydroxyl groups is 1. The molecule has 0 radical (unpaired) electrons. The molecule has 0 heterocycles. The van der Waals surface area contributed by atoms with Gasteiger partial charge in [-0.1, -0.05) is 0 Å². The molecule has 0 spiro atoms. The minimum Gasteiger partial charge on any atom is -0.392 e. The molecule has 80 valence electrons. The molecular weight excluding hydrogens is 214 g/mol. The highest BCUT2D eigenvalue weighted by Crippen LogP contribution is 2.33. The number of alkyl halides is 3. The van der Waals surface area contributed by atoms with E-state index >= 15 is 0 Å². The van der Waals surface area contributed by atoms with E-state index in [0.717, 1.165) is 0 Å². The number of benzene rings is 1. The fraction of sp³-hybridized carbons (Fsp3) is 0.222. The lowest BCUT2D eigenvalue weighted by Gasteiger charge is -2.11. The van der Waals surface area contributed by atoms with Crippen LogP contribution in [-0.2, 0) is 12.8 Å². The summed E-state index contributed by atoms with van der Waals surface area (Å²) in [6, 6.07) is 2.24. The number of hydrogen-bond acceptors (Lipinski definition) is 2. The fourth-order valence-electron chi connectivity index (χ4n) is 1.14. The maximum atomic E-state index is 12.7. The fourth-order valence-corrected chi connectivity index (χ4v) is 1.14. The van der Waals surface area contributed by atoms with Crippen molar-refractivity contribution in [2.24, 2.45) is 0 Å². The summed E-state index contributed by atoms with van der Waals surface area (Å²) >= 11 is 0. The molecule has 6 heteroatoms. The van der Waals surface area contributed by atoms with E-state index in [1.807, 2.05) is 0 Å². The number of rotatable bonds is 1. The monoisotopic (exact) mass is 219 g/mol. The average Bonchev–Trinajstić information content (AvgIpc) is 2.15. The van der Waals surface area contributed by atoms with Crippen molar-refractivity contribution in [1.29, 1.82) is 5.26 Å². The van der Waals surface area contributed by atoms with Crippen LogP contribution in [0.2, 0.25) is 0 Å². The van der Waals surface area contributed by atoms with Gasteiger partial charge in [0.2, 0.25) is 0 Å². The summed E-state index contributed by atoms with van der Waals surface area (Å²) in [5, 5.41) is 17.2. The number of nitrogens with zero attached hydrogens (tertiary/aromatic N) is 1. The summed E-state index contributed by atoms with van der Waals surface area (Å²) in [6.45, 7) is -0.816. The second-order valence-corrected chi connectivity index (χ2v) is 2.76. The van der Waals surface area contributed by atoms with Gasteiger partial charge in [-0.2, -0.15) is 18.4 Å². The Bertz CT molecular complexity index is 419. The van der Waals surface area contributed by atoms with Crippen LogP contribution in [0.25, 0.3) is 0 Å². The van der Waals surface area contributed by atoms with Gasteiger partial charge in [-0.3, -0.25) is 0 Å². The Kier molecular flexibility index (Phi) is 2.95. The molecule has 0 amide bonds. The van der Waals surface area contributed by atoms with Gasteiger partial charge in [0.1, 0.15) is 11.9 Å². The van der Waals surface area contributed by atoms with Crippen molar-refractivity contribution in [2.45, 2.75) is 12.8 Å². The van der Waals surface area contributed by atoms with Gasteiger partial charge >= 0.3 is 6.18 Å². The van der Waals surface area contributed by atoms with E-state index in [9.17, 15) is 17.6 Å². The SMILES string of the molecule is N#Cc1c(CO)cc(F)cc1C(F)(F)F. The average molecular weight is 219 g/mol. The molecule has 0 aliphatic carbocycles. The van der Waals surface area contributed by atoms with E-state index in [2.05, 4.69) is 0 Å². The summed E-state index contributed by atoms with van der Waals surface area (Å²) in [5.74, 6) is -1.13. The molecule has 2 nitrogen and oxygen atoms in total. The second kappa shape index (κ2) is 3.87. The van der Waals surface area contributed by atoms with Crippen LogP contribution in [0.3, 0.4) is 0 Å². The molecule has 0 aliphatic heterocycles. The maximum Gasteiger partial charge on any atom is 0.417 e. The Morgan fingerprint density at radius 3 is 2.33 bits per heavy atom. The first kappa shape index (κ1) is 11.5. The Morgan fingerprint density at radius 1 is 1.33 bits per heavy atom. The normalized spacial score (nSPS) is 11.2. The molecule has 0 saturated carbocycles. The van der Waals surface area contributed by atoms with Crippen LogP contribution >= 0.6 is 0 Å². The van der Waals surface area contributed by atoms with E-state index in [1.165, 1.54) is 6.07 Å². The third kappa shape index (κ3) is 2.25. The van der Waals surface area contributed by atoms with E-state index in [0.29, 0.717) is 6.07 Å². The maximum absolute atomic E-state index is 12.7. The molecule has 1 N–H and O–H groups in total. The first-order valence-corrected chi connectivity index (χ1v) is 3.80. The van der Waals surface area contributed by atoms with Crippen molar-refractivity contribution in [1.82, 2.24) is 0 Å². The van der Waals surface area contributed by atoms with E-state index in [-0.39, 0.29) is 11.6 Å². The molecule has 1 aromatic rings. The highest BCUT2D eigenvalue weighted by Gasteiger charge is 2.35. The van der Waals surface area contributed by atoms with Gasteiger partial charge in [-0.15, -0.1) is 0 Å². The Balaban J connectivity index is 3.51. The summed E-state index contributed by atoms with van der Waals surface area (Å²) < 4.78 is 49.7. The van der Waals surface area contributed by atoms with Crippen LogP contribution in [0.15, 0.2) is 12.1 Å². The predicted molar refractivity (Wildman–Crippen MR) is 42.0 cm³/mol. The largest absolute Gasteiger partial charge is 0.417 e. The third-order valence-electron chi connectivity index (χ3n) is 1.77. The minimum atomic E-state index is -4.81. The van der Waals surface area contributed by atoms with Crippen LogP contribution < -0.4 is 0 Å². The molecular formula is C9H5F4NO. The summed E-state index contributed by atoms with van der Waals surface area (Å²) in [6.07, 6.45) is -4.81. The lowest BCUT2D eigenvalue weighted by molar-refractivity contribution is -0.138. The smallest absolute Gasteiger partial charge is 0.392 e. The van der Waals surface area contributed by atoms with Gasteiger partial charge in [-0.05, 0) is 17.7 Å². The predicted octanol–water partition coefficient (Wildman–Crippen LogP) is 2.21. The second-order valence-electron chi connectivity index (χ2n) is 2.76. The van der Waals surface area contributed by atoms with E-state index < -0.39 is 29.7 Å². The highest BCUT2D eigenvalue weighted by atomic mass is 19.4. The lowest BCUT2D eigenvalue weighted by Crippen LogP contribution is -2.10. The molecule has 0 fully saturated rings. The molecule has 1 rings (SSSR count). The molecule has 0 aromatic heterocycles. The zero-order valence-electron chi connectivity index (χ0n) is 7.27. The quantitative estimate of drug-likeness (QED) is 0.736. The van der Waals surface area contributed by atoms with Crippen LogP contribution in [0.5, 0.6) is 0 Å². The summed E-state index contributed by atoms with van der Waals surface area (Å²) in [5.41, 5.74) is -2.48. The van der Waals surface area contributed by atoms with Crippen molar-refractivity contribution in [3.8, 4) is 6.07 Å². The van der Waals surface area contributed by atoms with E-state index in [1.54, 1.807) is 0 Å². The Labute approximate surface area is 82.4 Å².